The highest BCUT2D eigenvalue weighted by atomic mass is 16.8. The van der Waals surface area contributed by atoms with Crippen molar-refractivity contribution < 1.29 is 115 Å². The van der Waals surface area contributed by atoms with Crippen LogP contribution in [0, 0.1) is 34.5 Å². The molecule has 4 unspecified atom stereocenters. The molecule has 0 spiro atoms. The molecule has 2 aliphatic carbocycles. The Morgan fingerprint density at radius 2 is 0.826 bits per heavy atom. The van der Waals surface area contributed by atoms with Gasteiger partial charge in [-0.25, -0.2) is 24.0 Å². The summed E-state index contributed by atoms with van der Waals surface area (Å²) < 4.78 is 78.2. The average molecular weight is 1910 g/mol. The first kappa shape index (κ1) is 109. The predicted octanol–water partition coefficient (Wildman–Crippen LogP) is 17.0. The van der Waals surface area contributed by atoms with E-state index in [0.717, 1.165) is 87.1 Å². The Bertz CT molecular complexity index is 5170. The number of benzene rings is 8. The lowest BCUT2D eigenvalue weighted by molar-refractivity contribution is -0.334. The van der Waals surface area contributed by atoms with Crippen LogP contribution in [0.15, 0.2) is 194 Å². The van der Waals surface area contributed by atoms with Crippen LogP contribution in [0.3, 0.4) is 0 Å². The molecule has 3 heterocycles. The van der Waals surface area contributed by atoms with Gasteiger partial charge in [-0.05, 0) is 199 Å². The van der Waals surface area contributed by atoms with Gasteiger partial charge in [0, 0.05) is 56.2 Å². The van der Waals surface area contributed by atoms with E-state index < -0.39 is 94.6 Å². The summed E-state index contributed by atoms with van der Waals surface area (Å²) in [5.41, 5.74) is 15.3. The minimum Gasteiger partial charge on any atom is -0.497 e. The molecule has 0 radical (unpaired) electrons. The third kappa shape index (κ3) is 30.1. The molecule has 0 aromatic heterocycles. The second-order valence-electron chi connectivity index (χ2n) is 37.2. The van der Waals surface area contributed by atoms with Gasteiger partial charge in [0.25, 0.3) is 17.4 Å². The standard InChI is InChI=1S/C47H56N2O9.C46H53NO10.C8H15NO3.C6H11NO2.CH5N/c1-31(2)27-41(49-45(52)56-29-40-38-15-9-7-13-36(38)37-14-8-10-16-39(37)40)47(57-30-46(3,4)43(58-47)33-20-24-34(53-6)25-21-33)44(51)55-28-32-18-22-35(23-19-32)54-26-12-11-17-42(50)48-5;1-30(2)26-40(47-44(51)55-28-39-37-14-8-6-12-35(37)36-13-7-9-15-38(36)39)46(56-29-45(3,4)42(57-46)32-19-23-33(52-5)24-20-32)43(50)54-27-31-17-21-34(22-18-31)53-25-11-10-16-41(48)49;1-5(2)4-6(9-3)7(10)8(11)12;1-7-6(8)5-2-3-9-4-5;1-2/h7-10,13-16,18-25,31,40-41,43H,11-12,17,26-30H2,1-6H3,(H,48,50)(H,49,52);6-9,12-15,17-24,30,39-40,42H,10-11,16,25-29H2,1-5H3,(H,47,51)(H,48,49);5-6,9H,4H2,1-3H3,(H,11,12);5H,2-4H2,1H3,(H,7,8);2H2,1H3/t41-,43?,47?;40-,42?,46?;6-;5-;/m0001./s1. The Hall–Kier alpha value is -12.3. The first-order chi connectivity index (χ1) is 66.2. The van der Waals surface area contributed by atoms with E-state index >= 15 is 0 Å². The van der Waals surface area contributed by atoms with Crippen molar-refractivity contribution in [3.63, 3.8) is 0 Å². The van der Waals surface area contributed by atoms with Crippen molar-refractivity contribution >= 4 is 53.7 Å². The number of ketones is 1. The number of Topliss-reactive ketones (excluding diaryl/α,β-unsaturated/α-hetero) is 1. The molecule has 0 saturated carbocycles. The highest BCUT2D eigenvalue weighted by Crippen LogP contribution is 2.51. The number of amides is 4. The molecule has 4 amide bonds. The lowest BCUT2D eigenvalue weighted by atomic mass is 9.81. The molecule has 9 N–H and O–H groups in total. The van der Waals surface area contributed by atoms with Gasteiger partial charge >= 0.3 is 36.1 Å². The van der Waals surface area contributed by atoms with Gasteiger partial charge in [-0.15, -0.1) is 0 Å². The van der Waals surface area contributed by atoms with Crippen molar-refractivity contribution in [2.24, 2.45) is 40.2 Å². The molecule has 3 saturated heterocycles. The van der Waals surface area contributed by atoms with Gasteiger partial charge in [-0.1, -0.05) is 215 Å². The SMILES string of the molecule is CN.CNC(=O)CCCCOc1ccc(COC(=O)C2([C@H](CC(C)C)NC(=O)OCC3c4ccccc4-c4ccccc43)OCC(C)(C)C(c3ccc(OC)cc3)O2)cc1.CNC(=O)[C@@H]1CCOC1.CN[C@@H](CC(C)C)C(=O)C(=O)O.COc1ccc(C2OC(C(=O)OCc3ccc(OCCCCC(=O)O)cc3)([C@H](CC(C)C)NC(=O)OCC3c4ccccc4-c4ccccc43)OCC2(C)C)cc1. The van der Waals surface area contributed by atoms with Gasteiger partial charge in [-0.2, -0.15) is 0 Å². The second-order valence-corrected chi connectivity index (χ2v) is 37.2. The van der Waals surface area contributed by atoms with E-state index in [1.807, 2.05) is 191 Å². The Morgan fingerprint density at radius 3 is 1.15 bits per heavy atom. The van der Waals surface area contributed by atoms with Gasteiger partial charge in [0.1, 0.15) is 49.4 Å². The number of ether oxygens (including phenoxy) is 13. The van der Waals surface area contributed by atoms with Crippen LogP contribution >= 0.6 is 0 Å². The minimum absolute atomic E-state index is 0.00630. The zero-order valence-electron chi connectivity index (χ0n) is 82.4. The average Bonchev–Trinajstić information content (AvgIpc) is 1.10. The Balaban J connectivity index is 0.000000251. The minimum atomic E-state index is -2.03. The van der Waals surface area contributed by atoms with Crippen molar-refractivity contribution in [3.05, 3.63) is 239 Å². The maximum Gasteiger partial charge on any atom is 0.407 e. The monoisotopic (exact) mass is 1900 g/mol. The Kier molecular flexibility index (Phi) is 42.0. The van der Waals surface area contributed by atoms with Gasteiger partial charge in [0.15, 0.2) is 0 Å². The molecule has 3 aliphatic heterocycles. The van der Waals surface area contributed by atoms with Crippen LogP contribution in [0.2, 0.25) is 0 Å². The number of esters is 2. The zero-order chi connectivity index (χ0) is 100. The molecule has 0 bridgehead atoms. The van der Waals surface area contributed by atoms with E-state index in [9.17, 15) is 43.2 Å². The van der Waals surface area contributed by atoms with Crippen molar-refractivity contribution in [2.45, 2.75) is 200 Å². The van der Waals surface area contributed by atoms with Crippen LogP contribution in [0.1, 0.15) is 202 Å². The van der Waals surface area contributed by atoms with Gasteiger partial charge in [-0.3, -0.25) is 19.2 Å². The second kappa shape index (κ2) is 53.0. The van der Waals surface area contributed by atoms with Crippen LogP contribution in [0.25, 0.3) is 22.3 Å². The lowest BCUT2D eigenvalue weighted by Gasteiger charge is -2.50. The molecule has 30 nitrogen and oxygen atoms in total. The number of methoxy groups -OCH3 is 2. The maximum absolute atomic E-state index is 14.6. The quantitative estimate of drug-likeness (QED) is 0.00765. The number of carbonyl (C=O) groups excluding carboxylic acids is 7. The van der Waals surface area contributed by atoms with Crippen molar-refractivity contribution in [3.8, 4) is 45.3 Å². The Labute approximate surface area is 810 Å². The zero-order valence-corrected chi connectivity index (χ0v) is 82.4. The number of unbranched alkanes of at least 4 members (excludes halogenated alkanes) is 2. The van der Waals surface area contributed by atoms with Crippen molar-refractivity contribution in [2.75, 3.05) is 95.3 Å². The summed E-state index contributed by atoms with van der Waals surface area (Å²) in [7, 11) is 9.58. The first-order valence-electron chi connectivity index (χ1n) is 47.3. The normalized spacial score (nSPS) is 18.5. The van der Waals surface area contributed by atoms with Crippen LogP contribution in [0.4, 0.5) is 9.59 Å². The third-order valence-electron chi connectivity index (χ3n) is 24.4. The first-order valence-corrected chi connectivity index (χ1v) is 47.3. The van der Waals surface area contributed by atoms with E-state index in [1.165, 1.54) is 7.05 Å². The van der Waals surface area contributed by atoms with Gasteiger partial charge in [0.2, 0.25) is 11.8 Å². The predicted molar refractivity (Wildman–Crippen MR) is 522 cm³/mol. The summed E-state index contributed by atoms with van der Waals surface area (Å²) in [5.74, 6) is -5.64. The summed E-state index contributed by atoms with van der Waals surface area (Å²) in [6, 6.07) is 59.5. The number of aliphatic carboxylic acids is 2. The van der Waals surface area contributed by atoms with Crippen LogP contribution in [0.5, 0.6) is 23.0 Å². The molecule has 746 valence electrons. The number of rotatable bonds is 40. The van der Waals surface area contributed by atoms with E-state index in [0.29, 0.717) is 92.8 Å². The van der Waals surface area contributed by atoms with E-state index in [-0.39, 0.29) is 87.5 Å². The molecule has 138 heavy (non-hydrogen) atoms. The number of alkyl carbamates (subject to hydrolysis) is 2. The van der Waals surface area contributed by atoms with Crippen molar-refractivity contribution in [1.29, 1.82) is 0 Å². The molecule has 5 aliphatic rings. The maximum atomic E-state index is 14.6. The highest BCUT2D eigenvalue weighted by molar-refractivity contribution is 6.34. The topological polar surface area (TPSA) is 400 Å². The summed E-state index contributed by atoms with van der Waals surface area (Å²) in [5, 5.41) is 31.1. The number of carbonyl (C=O) groups is 9. The summed E-state index contributed by atoms with van der Waals surface area (Å²) in [6.45, 7) is 22.4. The van der Waals surface area contributed by atoms with E-state index in [1.54, 1.807) is 59.6 Å². The fraction of sp³-hybridized carbons (Fsp3) is 0.472. The molecule has 8 aromatic carbocycles. The molecular formula is C108H140N6O24. The van der Waals surface area contributed by atoms with E-state index in [2.05, 4.69) is 80.8 Å². The smallest absolute Gasteiger partial charge is 0.407 e. The third-order valence-corrected chi connectivity index (χ3v) is 24.4. The molecule has 8 atom stereocenters. The molecule has 30 heteroatoms. The largest absolute Gasteiger partial charge is 0.497 e. The van der Waals surface area contributed by atoms with Gasteiger partial charge < -0.3 is 104 Å². The molecule has 8 aromatic rings. The van der Waals surface area contributed by atoms with Gasteiger partial charge in [0.05, 0.1) is 83.5 Å². The van der Waals surface area contributed by atoms with E-state index in [4.69, 9.17) is 71.8 Å². The number of likely N-dealkylation sites (N-methyl/N-ethyl adjacent to an activating group) is 1. The fourth-order valence-corrected chi connectivity index (χ4v) is 17.1. The number of carboxylic acids is 2. The number of nitrogens with one attached hydrogen (secondary N) is 5. The summed E-state index contributed by atoms with van der Waals surface area (Å²) >= 11 is 0. The Morgan fingerprint density at radius 1 is 0.457 bits per heavy atom. The lowest BCUT2D eigenvalue weighted by Crippen LogP contribution is -2.65. The molecule has 13 rings (SSSR count). The van der Waals surface area contributed by atoms with Crippen LogP contribution in [-0.2, 0) is 89.4 Å². The van der Waals surface area contributed by atoms with Crippen LogP contribution in [-0.4, -0.2) is 189 Å². The summed E-state index contributed by atoms with van der Waals surface area (Å²) in [6.07, 6.45) is 2.59. The highest BCUT2D eigenvalue weighted by Gasteiger charge is 2.61. The molecule has 3 fully saturated rings. The number of hydrogen-bond donors (Lipinski definition) is 8. The fourth-order valence-electron chi connectivity index (χ4n) is 17.1. The molecular weight excluding hydrogens is 1770 g/mol. The van der Waals surface area contributed by atoms with Crippen molar-refractivity contribution in [1.82, 2.24) is 26.6 Å². The summed E-state index contributed by atoms with van der Waals surface area (Å²) in [4.78, 5) is 111. The number of nitrogens with two attached hydrogens (primary N) is 1. The van der Waals surface area contributed by atoms with Crippen LogP contribution < -0.4 is 51.3 Å². The number of hydrogen-bond acceptors (Lipinski definition) is 24. The number of fused-ring (bicyclic) bond motifs is 6. The number of carboxylic acid groups (broad SMARTS) is 2.